The predicted molar refractivity (Wildman–Crippen MR) is 83.5 cm³/mol. The van der Waals surface area contributed by atoms with E-state index in [4.69, 9.17) is 11.6 Å². The molecule has 1 saturated heterocycles. The zero-order valence-electron chi connectivity index (χ0n) is 12.9. The van der Waals surface area contributed by atoms with Crippen LogP contribution in [0.5, 0.6) is 0 Å². The molecule has 1 fully saturated rings. The second-order valence-electron chi connectivity index (χ2n) is 5.78. The zero-order chi connectivity index (χ0) is 17.7. The molecule has 1 N–H and O–H groups in total. The van der Waals surface area contributed by atoms with Gasteiger partial charge in [-0.25, -0.2) is 0 Å². The molecule has 132 valence electrons. The number of rotatable bonds is 5. The summed E-state index contributed by atoms with van der Waals surface area (Å²) < 4.78 is 36.5. The Hall–Kier alpha value is -1.76. The van der Waals surface area contributed by atoms with Gasteiger partial charge in [-0.2, -0.15) is 13.2 Å². The minimum atomic E-state index is -4.44. The summed E-state index contributed by atoms with van der Waals surface area (Å²) in [6, 6.07) is 7.21. The van der Waals surface area contributed by atoms with Gasteiger partial charge in [-0.3, -0.25) is 9.59 Å². The Bertz CT molecular complexity index is 590. The molecule has 1 aliphatic heterocycles. The van der Waals surface area contributed by atoms with Crippen molar-refractivity contribution in [1.82, 2.24) is 10.2 Å². The van der Waals surface area contributed by atoms with E-state index in [-0.39, 0.29) is 25.3 Å². The van der Waals surface area contributed by atoms with E-state index in [0.717, 1.165) is 5.56 Å². The van der Waals surface area contributed by atoms with Gasteiger partial charge in [0.15, 0.2) is 0 Å². The summed E-state index contributed by atoms with van der Waals surface area (Å²) in [5.41, 5.74) is 0.996. The topological polar surface area (TPSA) is 49.4 Å². The molecule has 4 nitrogen and oxygen atoms in total. The summed E-state index contributed by atoms with van der Waals surface area (Å²) in [4.78, 5) is 25.3. The van der Waals surface area contributed by atoms with Crippen molar-refractivity contribution in [3.63, 3.8) is 0 Å². The second kappa shape index (κ2) is 7.88. The van der Waals surface area contributed by atoms with Crippen molar-refractivity contribution in [1.29, 1.82) is 0 Å². The number of likely N-dealkylation sites (tertiary alicyclic amines) is 1. The first-order valence-electron chi connectivity index (χ1n) is 7.61. The van der Waals surface area contributed by atoms with E-state index in [1.807, 2.05) is 17.4 Å². The van der Waals surface area contributed by atoms with Crippen LogP contribution in [0.15, 0.2) is 24.3 Å². The van der Waals surface area contributed by atoms with Crippen LogP contribution >= 0.6 is 11.6 Å². The van der Waals surface area contributed by atoms with Gasteiger partial charge in [-0.1, -0.05) is 23.7 Å². The maximum absolute atomic E-state index is 12.2. The number of hydrogen-bond donors (Lipinski definition) is 1. The standard InChI is InChI=1S/C16H18ClF3N2O2/c17-13-4-1-11(2-5-13)7-8-22-9-12(3-6-14(22)23)15(24)21-10-16(18,19)20/h1-2,4-5,12H,3,6-10H2,(H,21,24)/t12-/m0/s1. The molecule has 0 unspecified atom stereocenters. The normalized spacial score (nSPS) is 18.6. The Balaban J connectivity index is 1.87. The summed E-state index contributed by atoms with van der Waals surface area (Å²) in [5, 5.41) is 2.51. The average molecular weight is 363 g/mol. The van der Waals surface area contributed by atoms with E-state index in [9.17, 15) is 22.8 Å². The Morgan fingerprint density at radius 1 is 1.29 bits per heavy atom. The van der Waals surface area contributed by atoms with Crippen LogP contribution in [0, 0.1) is 5.92 Å². The van der Waals surface area contributed by atoms with Crippen molar-refractivity contribution >= 4 is 23.4 Å². The molecule has 0 aliphatic carbocycles. The number of carbonyl (C=O) groups excluding carboxylic acids is 2. The van der Waals surface area contributed by atoms with Crippen LogP contribution < -0.4 is 5.32 Å². The van der Waals surface area contributed by atoms with E-state index in [0.29, 0.717) is 18.0 Å². The highest BCUT2D eigenvalue weighted by molar-refractivity contribution is 6.30. The van der Waals surface area contributed by atoms with Gasteiger partial charge in [0, 0.05) is 24.5 Å². The van der Waals surface area contributed by atoms with Gasteiger partial charge < -0.3 is 10.2 Å². The van der Waals surface area contributed by atoms with Gasteiger partial charge in [0.25, 0.3) is 0 Å². The molecule has 8 heteroatoms. The summed E-state index contributed by atoms with van der Waals surface area (Å²) in [7, 11) is 0. The van der Waals surface area contributed by atoms with Gasteiger partial charge in [-0.05, 0) is 30.5 Å². The van der Waals surface area contributed by atoms with Crippen molar-refractivity contribution in [2.75, 3.05) is 19.6 Å². The molecular formula is C16H18ClF3N2O2. The lowest BCUT2D eigenvalue weighted by atomic mass is 9.96. The molecule has 24 heavy (non-hydrogen) atoms. The fourth-order valence-electron chi connectivity index (χ4n) is 2.59. The molecule has 2 rings (SSSR count). The molecule has 1 heterocycles. The highest BCUT2D eigenvalue weighted by atomic mass is 35.5. The summed E-state index contributed by atoms with van der Waals surface area (Å²) in [5.74, 6) is -1.34. The van der Waals surface area contributed by atoms with Crippen LogP contribution in [0.2, 0.25) is 5.02 Å². The Morgan fingerprint density at radius 2 is 1.96 bits per heavy atom. The molecule has 0 spiro atoms. The lowest BCUT2D eigenvalue weighted by Crippen LogP contribution is -2.47. The number of hydrogen-bond acceptors (Lipinski definition) is 2. The third-order valence-corrected chi connectivity index (χ3v) is 4.17. The molecule has 0 radical (unpaired) electrons. The number of alkyl halides is 3. The highest BCUT2D eigenvalue weighted by Gasteiger charge is 2.33. The lowest BCUT2D eigenvalue weighted by Gasteiger charge is -2.32. The van der Waals surface area contributed by atoms with Crippen molar-refractivity contribution < 1.29 is 22.8 Å². The number of carbonyl (C=O) groups is 2. The van der Waals surface area contributed by atoms with Crippen LogP contribution in [-0.2, 0) is 16.0 Å². The van der Waals surface area contributed by atoms with Gasteiger partial charge in [0.05, 0.1) is 5.92 Å². The monoisotopic (exact) mass is 362 g/mol. The molecule has 1 atom stereocenters. The van der Waals surface area contributed by atoms with Gasteiger partial charge in [0.2, 0.25) is 11.8 Å². The van der Waals surface area contributed by atoms with E-state index in [2.05, 4.69) is 0 Å². The predicted octanol–water partition coefficient (Wildman–Crippen LogP) is 2.80. The number of piperidine rings is 1. The maximum Gasteiger partial charge on any atom is 0.405 e. The number of amides is 2. The summed E-state index contributed by atoms with van der Waals surface area (Å²) in [6.07, 6.45) is -3.39. The third kappa shape index (κ3) is 5.70. The van der Waals surface area contributed by atoms with Crippen LogP contribution in [0.1, 0.15) is 18.4 Å². The zero-order valence-corrected chi connectivity index (χ0v) is 13.7. The number of nitrogens with one attached hydrogen (secondary N) is 1. The molecular weight excluding hydrogens is 345 g/mol. The van der Waals surface area contributed by atoms with Crippen LogP contribution in [0.3, 0.4) is 0 Å². The van der Waals surface area contributed by atoms with E-state index in [1.165, 1.54) is 4.90 Å². The number of nitrogens with zero attached hydrogens (tertiary/aromatic N) is 1. The summed E-state index contributed by atoms with van der Waals surface area (Å²) >= 11 is 5.81. The van der Waals surface area contributed by atoms with Crippen LogP contribution in [0.25, 0.3) is 0 Å². The van der Waals surface area contributed by atoms with Crippen LogP contribution in [0.4, 0.5) is 13.2 Å². The largest absolute Gasteiger partial charge is 0.405 e. The average Bonchev–Trinajstić information content (AvgIpc) is 2.52. The SMILES string of the molecule is O=C(NCC(F)(F)F)[C@H]1CCC(=O)N(CCc2ccc(Cl)cc2)C1. The van der Waals surface area contributed by atoms with Crippen molar-refractivity contribution in [2.45, 2.75) is 25.4 Å². The van der Waals surface area contributed by atoms with E-state index < -0.39 is 24.5 Å². The lowest BCUT2D eigenvalue weighted by molar-refractivity contribution is -0.145. The minimum absolute atomic E-state index is 0.0798. The van der Waals surface area contributed by atoms with Crippen molar-refractivity contribution in [3.8, 4) is 0 Å². The van der Waals surface area contributed by atoms with E-state index in [1.54, 1.807) is 12.1 Å². The molecule has 0 aromatic heterocycles. The summed E-state index contributed by atoms with van der Waals surface area (Å²) in [6.45, 7) is -0.777. The Kier molecular flexibility index (Phi) is 6.10. The molecule has 1 aromatic rings. The van der Waals surface area contributed by atoms with Gasteiger partial charge >= 0.3 is 6.18 Å². The molecule has 0 bridgehead atoms. The van der Waals surface area contributed by atoms with Crippen molar-refractivity contribution in [3.05, 3.63) is 34.9 Å². The Morgan fingerprint density at radius 3 is 2.58 bits per heavy atom. The minimum Gasteiger partial charge on any atom is -0.347 e. The number of halogens is 4. The van der Waals surface area contributed by atoms with Crippen LogP contribution in [-0.4, -0.2) is 42.5 Å². The fourth-order valence-corrected chi connectivity index (χ4v) is 2.72. The number of benzene rings is 1. The second-order valence-corrected chi connectivity index (χ2v) is 6.22. The first-order valence-corrected chi connectivity index (χ1v) is 7.99. The third-order valence-electron chi connectivity index (χ3n) is 3.92. The fraction of sp³-hybridized carbons (Fsp3) is 0.500. The van der Waals surface area contributed by atoms with Gasteiger partial charge in [0.1, 0.15) is 6.54 Å². The molecule has 2 amide bonds. The first kappa shape index (κ1) is 18.6. The molecule has 1 aromatic carbocycles. The maximum atomic E-state index is 12.2. The molecule has 1 aliphatic rings. The smallest absolute Gasteiger partial charge is 0.347 e. The highest BCUT2D eigenvalue weighted by Crippen LogP contribution is 2.20. The molecule has 0 saturated carbocycles. The van der Waals surface area contributed by atoms with Crippen molar-refractivity contribution in [2.24, 2.45) is 5.92 Å². The van der Waals surface area contributed by atoms with Gasteiger partial charge in [-0.15, -0.1) is 0 Å². The quantitative estimate of drug-likeness (QED) is 0.875. The first-order chi connectivity index (χ1) is 11.2. The van der Waals surface area contributed by atoms with E-state index >= 15 is 0 Å². The Labute approximate surface area is 143 Å².